The lowest BCUT2D eigenvalue weighted by Crippen LogP contribution is -2.27. The van der Waals surface area contributed by atoms with Crippen LogP contribution in [0.25, 0.3) is 0 Å². The van der Waals surface area contributed by atoms with E-state index in [-0.39, 0.29) is 5.78 Å². The molecular weight excluding hydrogens is 274 g/mol. The lowest BCUT2D eigenvalue weighted by molar-refractivity contribution is -0.139. The standard InChI is InChI=1S/C15H21NO3S/c17-13-10-6-9-12(16-20-14(13)15(18)19)11-7-4-2-1-3-5-8-11/h7,14H,1-6,8-10H2,(H,18,19)/b11-7-,16-12+. The predicted octanol–water partition coefficient (Wildman–Crippen LogP) is 3.56. The van der Waals surface area contributed by atoms with Crippen LogP contribution in [0.2, 0.25) is 0 Å². The number of rotatable bonds is 2. The van der Waals surface area contributed by atoms with Gasteiger partial charge in [0.2, 0.25) is 0 Å². The van der Waals surface area contributed by atoms with Crippen LogP contribution in [-0.4, -0.2) is 27.8 Å². The average Bonchev–Trinajstić information content (AvgIpc) is 2.34. The minimum Gasteiger partial charge on any atom is -0.480 e. The Morgan fingerprint density at radius 1 is 1.15 bits per heavy atom. The molecule has 1 heterocycles. The van der Waals surface area contributed by atoms with Gasteiger partial charge in [-0.2, -0.15) is 0 Å². The maximum atomic E-state index is 11.7. The summed E-state index contributed by atoms with van der Waals surface area (Å²) in [4.78, 5) is 22.8. The van der Waals surface area contributed by atoms with Crippen LogP contribution in [0, 0.1) is 0 Å². The monoisotopic (exact) mass is 295 g/mol. The third-order valence-electron chi connectivity index (χ3n) is 3.78. The highest BCUT2D eigenvalue weighted by Crippen LogP contribution is 2.26. The highest BCUT2D eigenvalue weighted by Gasteiger charge is 2.28. The molecule has 1 aliphatic carbocycles. The maximum Gasteiger partial charge on any atom is 0.326 e. The Hall–Kier alpha value is -1.10. The number of hydrogen-bond donors (Lipinski definition) is 1. The van der Waals surface area contributed by atoms with Crippen LogP contribution in [0.1, 0.15) is 57.8 Å². The van der Waals surface area contributed by atoms with Gasteiger partial charge >= 0.3 is 5.97 Å². The SMILES string of the molecule is O=C(O)C1S/N=C(/C2=C\CCCCCC2)CCCC1=O. The smallest absolute Gasteiger partial charge is 0.326 e. The molecule has 0 spiro atoms. The van der Waals surface area contributed by atoms with Crippen LogP contribution >= 0.6 is 11.9 Å². The fourth-order valence-corrected chi connectivity index (χ4v) is 3.40. The van der Waals surface area contributed by atoms with Crippen LogP contribution in [-0.2, 0) is 9.59 Å². The Morgan fingerprint density at radius 3 is 2.75 bits per heavy atom. The first kappa shape index (κ1) is 15.3. The van der Waals surface area contributed by atoms with E-state index in [1.165, 1.54) is 31.3 Å². The first-order valence-corrected chi connectivity index (χ1v) is 8.20. The number of allylic oxidation sites excluding steroid dienone is 2. The van der Waals surface area contributed by atoms with Crippen molar-refractivity contribution in [3.63, 3.8) is 0 Å². The van der Waals surface area contributed by atoms with Crippen molar-refractivity contribution in [2.45, 2.75) is 63.0 Å². The first-order valence-electron chi connectivity index (χ1n) is 7.36. The molecule has 20 heavy (non-hydrogen) atoms. The van der Waals surface area contributed by atoms with Crippen molar-refractivity contribution in [1.82, 2.24) is 0 Å². The molecule has 0 amide bonds. The topological polar surface area (TPSA) is 66.7 Å². The van der Waals surface area contributed by atoms with Crippen molar-refractivity contribution >= 4 is 29.4 Å². The molecule has 4 nitrogen and oxygen atoms in total. The van der Waals surface area contributed by atoms with Gasteiger partial charge in [0.25, 0.3) is 0 Å². The molecule has 1 unspecified atom stereocenters. The maximum absolute atomic E-state index is 11.7. The number of aliphatic carboxylic acids is 1. The molecule has 1 atom stereocenters. The summed E-state index contributed by atoms with van der Waals surface area (Å²) in [5.41, 5.74) is 2.28. The van der Waals surface area contributed by atoms with E-state index in [4.69, 9.17) is 5.11 Å². The van der Waals surface area contributed by atoms with Crippen molar-refractivity contribution in [2.24, 2.45) is 4.40 Å². The summed E-state index contributed by atoms with van der Waals surface area (Å²) in [6.07, 6.45) is 11.2. The van der Waals surface area contributed by atoms with Gasteiger partial charge in [-0.3, -0.25) is 9.59 Å². The number of carbonyl (C=O) groups excluding carboxylic acids is 1. The summed E-state index contributed by atoms with van der Waals surface area (Å²) in [6.45, 7) is 0. The Bertz CT molecular complexity index is 442. The Kier molecular flexibility index (Phi) is 5.83. The average molecular weight is 295 g/mol. The second-order valence-electron chi connectivity index (χ2n) is 5.36. The fourth-order valence-electron chi connectivity index (χ4n) is 2.64. The summed E-state index contributed by atoms with van der Waals surface area (Å²) in [5.74, 6) is -1.28. The molecule has 1 N–H and O–H groups in total. The van der Waals surface area contributed by atoms with E-state index in [0.717, 1.165) is 36.9 Å². The minimum atomic E-state index is -1.07. The molecule has 0 saturated carbocycles. The zero-order chi connectivity index (χ0) is 14.4. The molecule has 1 aliphatic heterocycles. The molecule has 0 radical (unpaired) electrons. The highest BCUT2D eigenvalue weighted by molar-refractivity contribution is 8.00. The van der Waals surface area contributed by atoms with Gasteiger partial charge in [0, 0.05) is 6.42 Å². The van der Waals surface area contributed by atoms with Crippen LogP contribution in [0.4, 0.5) is 0 Å². The molecule has 0 saturated heterocycles. The summed E-state index contributed by atoms with van der Waals surface area (Å²) in [6, 6.07) is 0. The predicted molar refractivity (Wildman–Crippen MR) is 81.1 cm³/mol. The number of carbonyl (C=O) groups is 2. The molecular formula is C15H21NO3S. The molecule has 2 aliphatic rings. The molecule has 2 rings (SSSR count). The van der Waals surface area contributed by atoms with Crippen LogP contribution in [0.15, 0.2) is 16.0 Å². The van der Waals surface area contributed by atoms with Crippen molar-refractivity contribution in [1.29, 1.82) is 0 Å². The lowest BCUT2D eigenvalue weighted by atomic mass is 9.94. The number of hydrogen-bond acceptors (Lipinski definition) is 4. The van der Waals surface area contributed by atoms with Gasteiger partial charge in [0.1, 0.15) is 0 Å². The number of carboxylic acid groups (broad SMARTS) is 1. The molecule has 0 aromatic rings. The zero-order valence-electron chi connectivity index (χ0n) is 11.6. The van der Waals surface area contributed by atoms with E-state index in [1.54, 1.807) is 0 Å². The van der Waals surface area contributed by atoms with Gasteiger partial charge < -0.3 is 5.11 Å². The molecule has 0 bridgehead atoms. The van der Waals surface area contributed by atoms with E-state index in [0.29, 0.717) is 12.8 Å². The van der Waals surface area contributed by atoms with Gasteiger partial charge in [0.15, 0.2) is 11.0 Å². The van der Waals surface area contributed by atoms with E-state index < -0.39 is 11.2 Å². The van der Waals surface area contributed by atoms with Crippen molar-refractivity contribution in [3.8, 4) is 0 Å². The second-order valence-corrected chi connectivity index (χ2v) is 6.23. The van der Waals surface area contributed by atoms with Crippen molar-refractivity contribution in [2.75, 3.05) is 0 Å². The van der Waals surface area contributed by atoms with Crippen LogP contribution < -0.4 is 0 Å². The molecule has 0 aromatic heterocycles. The molecule has 5 heteroatoms. The number of carboxylic acids is 1. The van der Waals surface area contributed by atoms with Gasteiger partial charge in [0.05, 0.1) is 5.71 Å². The Morgan fingerprint density at radius 2 is 1.95 bits per heavy atom. The molecule has 0 fully saturated rings. The third kappa shape index (κ3) is 4.20. The third-order valence-corrected chi connectivity index (χ3v) is 4.78. The lowest BCUT2D eigenvalue weighted by Gasteiger charge is -2.17. The van der Waals surface area contributed by atoms with Gasteiger partial charge in [-0.05, 0) is 56.0 Å². The summed E-state index contributed by atoms with van der Waals surface area (Å²) < 4.78 is 4.40. The van der Waals surface area contributed by atoms with Crippen LogP contribution in [0.5, 0.6) is 0 Å². The number of nitrogens with zero attached hydrogens (tertiary/aromatic N) is 1. The molecule has 0 aromatic carbocycles. The summed E-state index contributed by atoms with van der Waals surface area (Å²) in [5, 5.41) is 8.05. The first-order chi connectivity index (χ1) is 9.68. The quantitative estimate of drug-likeness (QED) is 0.625. The number of ketones is 1. The van der Waals surface area contributed by atoms with E-state index in [9.17, 15) is 9.59 Å². The second kappa shape index (κ2) is 7.62. The summed E-state index contributed by atoms with van der Waals surface area (Å²) in [7, 11) is 0. The minimum absolute atomic E-state index is 0.211. The van der Waals surface area contributed by atoms with E-state index >= 15 is 0 Å². The Labute approximate surface area is 123 Å². The van der Waals surface area contributed by atoms with Crippen molar-refractivity contribution in [3.05, 3.63) is 11.6 Å². The normalized spacial score (nSPS) is 30.8. The van der Waals surface area contributed by atoms with Crippen LogP contribution in [0.3, 0.4) is 0 Å². The number of Topliss-reactive ketones (excluding diaryl/α,β-unsaturated/α-hetero) is 1. The van der Waals surface area contributed by atoms with Gasteiger partial charge in [-0.25, -0.2) is 4.40 Å². The fraction of sp³-hybridized carbons (Fsp3) is 0.667. The highest BCUT2D eigenvalue weighted by atomic mass is 32.2. The summed E-state index contributed by atoms with van der Waals surface area (Å²) >= 11 is 0.925. The largest absolute Gasteiger partial charge is 0.480 e. The van der Waals surface area contributed by atoms with Gasteiger partial charge in [-0.15, -0.1) is 0 Å². The van der Waals surface area contributed by atoms with E-state index in [2.05, 4.69) is 10.5 Å². The zero-order valence-corrected chi connectivity index (χ0v) is 12.5. The van der Waals surface area contributed by atoms with Gasteiger partial charge in [-0.1, -0.05) is 18.9 Å². The Balaban J connectivity index is 2.13. The molecule has 110 valence electrons. The van der Waals surface area contributed by atoms with Crippen molar-refractivity contribution < 1.29 is 14.7 Å². The van der Waals surface area contributed by atoms with E-state index in [1.807, 2.05) is 0 Å².